The Kier molecular flexibility index (Phi) is 3.22. The van der Waals surface area contributed by atoms with Crippen molar-refractivity contribution >= 4 is 5.91 Å². The van der Waals surface area contributed by atoms with Crippen molar-refractivity contribution in [1.82, 2.24) is 4.90 Å². The number of benzene rings is 1. The van der Waals surface area contributed by atoms with Crippen molar-refractivity contribution in [2.24, 2.45) is 5.92 Å². The SMILES string of the molecule is CN(C)C(=O)c1cc(O)ccc1OCC1CC1. The number of carbonyl (C=O) groups excluding carboxylic acids is 1. The molecule has 1 saturated carbocycles. The second-order valence-electron chi connectivity index (χ2n) is 4.63. The Balaban J connectivity index is 2.19. The van der Waals surface area contributed by atoms with Gasteiger partial charge in [-0.05, 0) is 37.0 Å². The average Bonchev–Trinajstić information content (AvgIpc) is 3.10. The summed E-state index contributed by atoms with van der Waals surface area (Å²) in [6, 6.07) is 4.63. The number of carbonyl (C=O) groups is 1. The Morgan fingerprint density at radius 3 is 2.76 bits per heavy atom. The number of nitrogens with zero attached hydrogens (tertiary/aromatic N) is 1. The van der Waals surface area contributed by atoms with Gasteiger partial charge in [-0.25, -0.2) is 0 Å². The molecule has 0 bridgehead atoms. The summed E-state index contributed by atoms with van der Waals surface area (Å²) in [5, 5.41) is 9.43. The number of phenolic OH excluding ortho intramolecular Hbond substituents is 1. The monoisotopic (exact) mass is 235 g/mol. The van der Waals surface area contributed by atoms with Gasteiger partial charge in [-0.3, -0.25) is 4.79 Å². The first-order valence-corrected chi connectivity index (χ1v) is 5.75. The van der Waals surface area contributed by atoms with Crippen molar-refractivity contribution in [3.63, 3.8) is 0 Å². The molecule has 1 N–H and O–H groups in total. The molecule has 1 aromatic rings. The maximum atomic E-state index is 11.9. The van der Waals surface area contributed by atoms with Gasteiger partial charge in [0, 0.05) is 14.1 Å². The van der Waals surface area contributed by atoms with E-state index >= 15 is 0 Å². The molecule has 4 nitrogen and oxygen atoms in total. The van der Waals surface area contributed by atoms with E-state index in [-0.39, 0.29) is 11.7 Å². The minimum Gasteiger partial charge on any atom is -0.508 e. The third-order valence-corrected chi connectivity index (χ3v) is 2.77. The molecule has 4 heteroatoms. The summed E-state index contributed by atoms with van der Waals surface area (Å²) in [5.74, 6) is 1.10. The lowest BCUT2D eigenvalue weighted by molar-refractivity contribution is 0.0822. The Bertz CT molecular complexity index is 425. The topological polar surface area (TPSA) is 49.8 Å². The van der Waals surface area contributed by atoms with Crippen molar-refractivity contribution in [3.8, 4) is 11.5 Å². The van der Waals surface area contributed by atoms with Crippen LogP contribution in [0.1, 0.15) is 23.2 Å². The van der Waals surface area contributed by atoms with Crippen LogP contribution in [0.5, 0.6) is 11.5 Å². The number of amides is 1. The van der Waals surface area contributed by atoms with Crippen LogP contribution in [0.4, 0.5) is 0 Å². The standard InChI is InChI=1S/C13H17NO3/c1-14(2)13(16)11-7-10(15)5-6-12(11)17-8-9-3-4-9/h5-7,9,15H,3-4,8H2,1-2H3. The van der Waals surface area contributed by atoms with E-state index < -0.39 is 0 Å². The largest absolute Gasteiger partial charge is 0.508 e. The quantitative estimate of drug-likeness (QED) is 0.867. The fourth-order valence-corrected chi connectivity index (χ4v) is 1.54. The van der Waals surface area contributed by atoms with Crippen molar-refractivity contribution in [3.05, 3.63) is 23.8 Å². The third kappa shape index (κ3) is 2.90. The second-order valence-corrected chi connectivity index (χ2v) is 4.63. The van der Waals surface area contributed by atoms with Gasteiger partial charge in [0.1, 0.15) is 11.5 Å². The van der Waals surface area contributed by atoms with Crippen molar-refractivity contribution in [1.29, 1.82) is 0 Å². The molecular formula is C13H17NO3. The molecule has 0 aromatic heterocycles. The first kappa shape index (κ1) is 11.8. The van der Waals surface area contributed by atoms with Gasteiger partial charge in [-0.15, -0.1) is 0 Å². The molecule has 2 rings (SSSR count). The second kappa shape index (κ2) is 4.65. The molecule has 0 spiro atoms. The van der Waals surface area contributed by atoms with Gasteiger partial charge in [-0.2, -0.15) is 0 Å². The van der Waals surface area contributed by atoms with E-state index in [1.54, 1.807) is 20.2 Å². The molecule has 1 fully saturated rings. The smallest absolute Gasteiger partial charge is 0.257 e. The maximum Gasteiger partial charge on any atom is 0.257 e. The number of rotatable bonds is 4. The van der Waals surface area contributed by atoms with Crippen LogP contribution < -0.4 is 4.74 Å². The molecule has 1 amide bonds. The summed E-state index contributed by atoms with van der Waals surface area (Å²) in [6.45, 7) is 0.651. The van der Waals surface area contributed by atoms with Gasteiger partial charge in [0.2, 0.25) is 0 Å². The van der Waals surface area contributed by atoms with Gasteiger partial charge >= 0.3 is 0 Å². The zero-order valence-electron chi connectivity index (χ0n) is 10.1. The highest BCUT2D eigenvalue weighted by Gasteiger charge is 2.23. The fraction of sp³-hybridized carbons (Fsp3) is 0.462. The highest BCUT2D eigenvalue weighted by Crippen LogP contribution is 2.31. The number of phenols is 1. The van der Waals surface area contributed by atoms with E-state index in [1.165, 1.54) is 29.9 Å². The highest BCUT2D eigenvalue weighted by molar-refractivity contribution is 5.97. The van der Waals surface area contributed by atoms with Gasteiger partial charge in [0.05, 0.1) is 12.2 Å². The van der Waals surface area contributed by atoms with E-state index in [9.17, 15) is 9.90 Å². The number of ether oxygens (including phenoxy) is 1. The molecule has 1 aliphatic carbocycles. The van der Waals surface area contributed by atoms with E-state index in [0.29, 0.717) is 23.8 Å². The predicted octanol–water partition coefficient (Wildman–Crippen LogP) is 1.88. The lowest BCUT2D eigenvalue weighted by Gasteiger charge is -2.15. The van der Waals surface area contributed by atoms with Crippen molar-refractivity contribution < 1.29 is 14.6 Å². The van der Waals surface area contributed by atoms with Gasteiger partial charge in [0.15, 0.2) is 0 Å². The molecule has 92 valence electrons. The van der Waals surface area contributed by atoms with Crippen LogP contribution in [0.25, 0.3) is 0 Å². The first-order valence-electron chi connectivity index (χ1n) is 5.75. The summed E-state index contributed by atoms with van der Waals surface area (Å²) in [5.41, 5.74) is 0.413. The molecule has 0 heterocycles. The zero-order valence-corrected chi connectivity index (χ0v) is 10.1. The van der Waals surface area contributed by atoms with Crippen LogP contribution in [0.3, 0.4) is 0 Å². The predicted molar refractivity (Wildman–Crippen MR) is 64.3 cm³/mol. The molecule has 0 unspecified atom stereocenters. The Morgan fingerprint density at radius 1 is 1.47 bits per heavy atom. The summed E-state index contributed by atoms with van der Waals surface area (Å²) in [4.78, 5) is 13.4. The van der Waals surface area contributed by atoms with E-state index in [1.807, 2.05) is 0 Å². The zero-order chi connectivity index (χ0) is 12.4. The molecule has 0 aliphatic heterocycles. The van der Waals surface area contributed by atoms with Crippen LogP contribution >= 0.6 is 0 Å². The third-order valence-electron chi connectivity index (χ3n) is 2.77. The first-order chi connectivity index (χ1) is 8.08. The van der Waals surface area contributed by atoms with E-state index in [0.717, 1.165) is 0 Å². The van der Waals surface area contributed by atoms with Gasteiger partial charge in [0.25, 0.3) is 5.91 Å². The molecular weight excluding hydrogens is 218 g/mol. The number of hydrogen-bond donors (Lipinski definition) is 1. The van der Waals surface area contributed by atoms with Crippen LogP contribution in [0.2, 0.25) is 0 Å². The highest BCUT2D eigenvalue weighted by atomic mass is 16.5. The molecule has 1 aliphatic rings. The fourth-order valence-electron chi connectivity index (χ4n) is 1.54. The normalized spacial score (nSPS) is 14.5. The Hall–Kier alpha value is -1.71. The summed E-state index contributed by atoms with van der Waals surface area (Å²) in [7, 11) is 3.36. The number of hydrogen-bond acceptors (Lipinski definition) is 3. The summed E-state index contributed by atoms with van der Waals surface area (Å²) >= 11 is 0. The lowest BCUT2D eigenvalue weighted by Crippen LogP contribution is -2.22. The van der Waals surface area contributed by atoms with Crippen molar-refractivity contribution in [2.75, 3.05) is 20.7 Å². The number of aromatic hydroxyl groups is 1. The van der Waals surface area contributed by atoms with E-state index in [4.69, 9.17) is 4.74 Å². The average molecular weight is 235 g/mol. The minimum absolute atomic E-state index is 0.0778. The van der Waals surface area contributed by atoms with Crippen molar-refractivity contribution in [2.45, 2.75) is 12.8 Å². The summed E-state index contributed by atoms with van der Waals surface area (Å²) < 4.78 is 5.63. The van der Waals surface area contributed by atoms with Crippen LogP contribution in [0.15, 0.2) is 18.2 Å². The summed E-state index contributed by atoms with van der Waals surface area (Å²) in [6.07, 6.45) is 2.41. The van der Waals surface area contributed by atoms with Crippen LogP contribution in [-0.2, 0) is 0 Å². The lowest BCUT2D eigenvalue weighted by atomic mass is 10.1. The minimum atomic E-state index is -0.160. The Labute approximate surface area is 101 Å². The molecule has 0 radical (unpaired) electrons. The van der Waals surface area contributed by atoms with Gasteiger partial charge < -0.3 is 14.7 Å². The molecule has 0 saturated heterocycles. The Morgan fingerprint density at radius 2 is 2.18 bits per heavy atom. The maximum absolute atomic E-state index is 11.9. The molecule has 17 heavy (non-hydrogen) atoms. The molecule has 1 aromatic carbocycles. The van der Waals surface area contributed by atoms with E-state index in [2.05, 4.69) is 0 Å². The van der Waals surface area contributed by atoms with Crippen LogP contribution in [0, 0.1) is 5.92 Å². The van der Waals surface area contributed by atoms with Crippen LogP contribution in [-0.4, -0.2) is 36.6 Å². The van der Waals surface area contributed by atoms with Gasteiger partial charge in [-0.1, -0.05) is 0 Å². The molecule has 0 atom stereocenters.